The van der Waals surface area contributed by atoms with Gasteiger partial charge in [0.2, 0.25) is 11.8 Å². The van der Waals surface area contributed by atoms with Crippen LogP contribution < -0.4 is 10.6 Å². The predicted molar refractivity (Wildman–Crippen MR) is 121 cm³/mol. The number of amides is 2. The van der Waals surface area contributed by atoms with Crippen LogP contribution in [-0.2, 0) is 9.59 Å². The number of hydrogen-bond donors (Lipinski definition) is 2. The molecule has 3 aromatic carbocycles. The Hall–Kier alpha value is -3.38. The van der Waals surface area contributed by atoms with E-state index in [-0.39, 0.29) is 6.42 Å². The van der Waals surface area contributed by atoms with Crippen molar-refractivity contribution in [3.8, 4) is 0 Å². The van der Waals surface area contributed by atoms with E-state index in [0.717, 1.165) is 4.90 Å². The van der Waals surface area contributed by atoms with Crippen LogP contribution in [0.25, 0.3) is 0 Å². The second-order valence-electron chi connectivity index (χ2n) is 6.59. The summed E-state index contributed by atoms with van der Waals surface area (Å²) in [6, 6.07) is 24.8. The molecule has 0 aliphatic carbocycles. The molecule has 0 heterocycles. The normalized spacial score (nSPS) is 11.4. The van der Waals surface area contributed by atoms with Gasteiger partial charge >= 0.3 is 0 Å². The van der Waals surface area contributed by atoms with Crippen LogP contribution >= 0.6 is 11.8 Å². The van der Waals surface area contributed by atoms with Crippen LogP contribution in [0.2, 0.25) is 0 Å². The topological polar surface area (TPSA) is 75.3 Å². The number of benzene rings is 3. The summed E-state index contributed by atoms with van der Waals surface area (Å²) in [5.74, 6) is -2.44. The lowest BCUT2D eigenvalue weighted by atomic mass is 9.93. The van der Waals surface area contributed by atoms with E-state index in [4.69, 9.17) is 0 Å². The lowest BCUT2D eigenvalue weighted by Crippen LogP contribution is -2.33. The Morgan fingerprint density at radius 2 is 1.40 bits per heavy atom. The zero-order valence-corrected chi connectivity index (χ0v) is 17.3. The SMILES string of the molecule is CSc1ccccc1NC(=O)C[C@H](C(=O)Nc1ccccc1)C(=O)c1ccccc1. The smallest absolute Gasteiger partial charge is 0.235 e. The van der Waals surface area contributed by atoms with Crippen LogP contribution in [0, 0.1) is 5.92 Å². The molecule has 0 bridgehead atoms. The van der Waals surface area contributed by atoms with Crippen molar-refractivity contribution < 1.29 is 14.4 Å². The van der Waals surface area contributed by atoms with Gasteiger partial charge in [0.05, 0.1) is 5.69 Å². The van der Waals surface area contributed by atoms with E-state index in [1.807, 2.05) is 30.5 Å². The Bertz CT molecular complexity index is 1020. The fourth-order valence-electron chi connectivity index (χ4n) is 2.99. The van der Waals surface area contributed by atoms with Crippen molar-refractivity contribution in [1.82, 2.24) is 0 Å². The zero-order valence-electron chi connectivity index (χ0n) is 16.5. The second-order valence-corrected chi connectivity index (χ2v) is 7.44. The Kier molecular flexibility index (Phi) is 7.40. The van der Waals surface area contributed by atoms with Crippen LogP contribution in [0.3, 0.4) is 0 Å². The highest BCUT2D eigenvalue weighted by Crippen LogP contribution is 2.25. The number of nitrogens with one attached hydrogen (secondary N) is 2. The molecule has 3 aromatic rings. The Morgan fingerprint density at radius 3 is 2.07 bits per heavy atom. The van der Waals surface area contributed by atoms with Crippen LogP contribution in [0.4, 0.5) is 11.4 Å². The number of thioether (sulfide) groups is 1. The highest BCUT2D eigenvalue weighted by molar-refractivity contribution is 7.98. The number of carbonyl (C=O) groups excluding carboxylic acids is 3. The molecule has 5 nitrogen and oxygen atoms in total. The minimum atomic E-state index is -1.14. The molecule has 0 unspecified atom stereocenters. The molecule has 152 valence electrons. The first-order chi connectivity index (χ1) is 14.6. The molecular formula is C24H22N2O3S. The van der Waals surface area contributed by atoms with Crippen LogP contribution in [0.15, 0.2) is 89.8 Å². The summed E-state index contributed by atoms with van der Waals surface area (Å²) in [4.78, 5) is 39.6. The van der Waals surface area contributed by atoms with E-state index in [9.17, 15) is 14.4 Å². The third-order valence-electron chi connectivity index (χ3n) is 4.50. The third kappa shape index (κ3) is 5.58. The van der Waals surface area contributed by atoms with Gasteiger partial charge in [0.15, 0.2) is 5.78 Å². The molecule has 2 N–H and O–H groups in total. The summed E-state index contributed by atoms with van der Waals surface area (Å²) < 4.78 is 0. The summed E-state index contributed by atoms with van der Waals surface area (Å²) in [7, 11) is 0. The molecule has 0 spiro atoms. The highest BCUT2D eigenvalue weighted by atomic mass is 32.2. The van der Waals surface area contributed by atoms with Crippen molar-refractivity contribution in [2.75, 3.05) is 16.9 Å². The number of Topliss-reactive ketones (excluding diaryl/α,β-unsaturated/α-hetero) is 1. The van der Waals surface area contributed by atoms with Crippen LogP contribution in [-0.4, -0.2) is 23.9 Å². The largest absolute Gasteiger partial charge is 0.325 e. The molecule has 3 rings (SSSR count). The van der Waals surface area contributed by atoms with Crippen LogP contribution in [0.5, 0.6) is 0 Å². The molecule has 2 amide bonds. The van der Waals surface area contributed by atoms with E-state index in [1.165, 1.54) is 11.8 Å². The minimum absolute atomic E-state index is 0.255. The Balaban J connectivity index is 1.80. The van der Waals surface area contributed by atoms with E-state index in [0.29, 0.717) is 16.9 Å². The van der Waals surface area contributed by atoms with E-state index in [2.05, 4.69) is 10.6 Å². The quantitative estimate of drug-likeness (QED) is 0.311. The van der Waals surface area contributed by atoms with Crippen molar-refractivity contribution in [2.45, 2.75) is 11.3 Å². The number of hydrogen-bond acceptors (Lipinski definition) is 4. The van der Waals surface area contributed by atoms with Crippen molar-refractivity contribution in [2.24, 2.45) is 5.92 Å². The lowest BCUT2D eigenvalue weighted by Gasteiger charge is -2.17. The van der Waals surface area contributed by atoms with Gasteiger partial charge in [-0.2, -0.15) is 0 Å². The molecular weight excluding hydrogens is 396 g/mol. The summed E-state index contributed by atoms with van der Waals surface area (Å²) in [6.45, 7) is 0. The molecule has 0 fully saturated rings. The molecule has 0 aliphatic rings. The minimum Gasteiger partial charge on any atom is -0.325 e. The number of carbonyl (C=O) groups is 3. The first kappa shape index (κ1) is 21.3. The second kappa shape index (κ2) is 10.4. The van der Waals surface area contributed by atoms with E-state index >= 15 is 0 Å². The Morgan fingerprint density at radius 1 is 0.800 bits per heavy atom. The summed E-state index contributed by atoms with van der Waals surface area (Å²) in [5, 5.41) is 5.57. The standard InChI is InChI=1S/C24H22N2O3S/c1-30-21-15-9-8-14-20(21)26-22(27)16-19(23(28)17-10-4-2-5-11-17)24(29)25-18-12-6-3-7-13-18/h2-15,19H,16H2,1H3,(H,25,29)(H,26,27)/t19-/m0/s1. The van der Waals surface area contributed by atoms with Crippen molar-refractivity contribution in [3.05, 3.63) is 90.5 Å². The predicted octanol–water partition coefficient (Wildman–Crippen LogP) is 4.87. The van der Waals surface area contributed by atoms with Gasteiger partial charge in [0.1, 0.15) is 5.92 Å². The van der Waals surface area contributed by atoms with E-state index < -0.39 is 23.5 Å². The zero-order chi connectivity index (χ0) is 21.3. The molecule has 0 saturated heterocycles. The third-order valence-corrected chi connectivity index (χ3v) is 5.30. The first-order valence-electron chi connectivity index (χ1n) is 9.46. The van der Waals surface area contributed by atoms with Crippen molar-refractivity contribution in [1.29, 1.82) is 0 Å². The first-order valence-corrected chi connectivity index (χ1v) is 10.7. The van der Waals surface area contributed by atoms with Gasteiger partial charge in [-0.15, -0.1) is 11.8 Å². The number of ketones is 1. The van der Waals surface area contributed by atoms with Gasteiger partial charge < -0.3 is 10.6 Å². The average Bonchev–Trinajstić information content (AvgIpc) is 2.78. The number of para-hydroxylation sites is 2. The van der Waals surface area contributed by atoms with Gasteiger partial charge in [-0.25, -0.2) is 0 Å². The van der Waals surface area contributed by atoms with Crippen molar-refractivity contribution in [3.63, 3.8) is 0 Å². The average molecular weight is 419 g/mol. The summed E-state index contributed by atoms with van der Waals surface area (Å²) >= 11 is 1.51. The lowest BCUT2D eigenvalue weighted by molar-refractivity contribution is -0.123. The van der Waals surface area contributed by atoms with Gasteiger partial charge in [-0.05, 0) is 30.5 Å². The molecule has 6 heteroatoms. The maximum Gasteiger partial charge on any atom is 0.235 e. The van der Waals surface area contributed by atoms with Crippen molar-refractivity contribution >= 4 is 40.7 Å². The van der Waals surface area contributed by atoms with E-state index in [1.54, 1.807) is 60.7 Å². The molecule has 30 heavy (non-hydrogen) atoms. The molecule has 0 aromatic heterocycles. The fourth-order valence-corrected chi connectivity index (χ4v) is 3.55. The molecule has 1 atom stereocenters. The number of anilines is 2. The maximum absolute atomic E-state index is 13.0. The fraction of sp³-hybridized carbons (Fsp3) is 0.125. The highest BCUT2D eigenvalue weighted by Gasteiger charge is 2.30. The monoisotopic (exact) mass is 418 g/mol. The summed E-state index contributed by atoms with van der Waals surface area (Å²) in [6.07, 6.45) is 1.66. The summed E-state index contributed by atoms with van der Waals surface area (Å²) in [5.41, 5.74) is 1.62. The van der Waals surface area contributed by atoms with Gasteiger partial charge in [-0.3, -0.25) is 14.4 Å². The molecule has 0 saturated carbocycles. The maximum atomic E-state index is 13.0. The Labute approximate surface area is 179 Å². The van der Waals surface area contributed by atoms with Gasteiger partial charge in [-0.1, -0.05) is 60.7 Å². The van der Waals surface area contributed by atoms with Gasteiger partial charge in [0.25, 0.3) is 0 Å². The van der Waals surface area contributed by atoms with Gasteiger partial charge in [0, 0.05) is 22.6 Å². The molecule has 0 radical (unpaired) electrons. The number of rotatable bonds is 8. The van der Waals surface area contributed by atoms with Crippen LogP contribution in [0.1, 0.15) is 16.8 Å². The molecule has 0 aliphatic heterocycles.